The highest BCUT2D eigenvalue weighted by Gasteiger charge is 2.39. The zero-order chi connectivity index (χ0) is 30.3. The van der Waals surface area contributed by atoms with Crippen LogP contribution >= 0.6 is 0 Å². The summed E-state index contributed by atoms with van der Waals surface area (Å²) in [6.07, 6.45) is 7.15. The molecular formula is C31H39N3O8. The van der Waals surface area contributed by atoms with Crippen molar-refractivity contribution in [3.63, 3.8) is 0 Å². The quantitative estimate of drug-likeness (QED) is 0.386. The van der Waals surface area contributed by atoms with Gasteiger partial charge in [-0.25, -0.2) is 9.59 Å². The lowest BCUT2D eigenvalue weighted by Crippen LogP contribution is -2.34. The van der Waals surface area contributed by atoms with E-state index in [1.807, 2.05) is 39.8 Å². The number of aryl methyl sites for hydroxylation is 1. The van der Waals surface area contributed by atoms with Crippen molar-refractivity contribution in [3.05, 3.63) is 62.0 Å². The number of hydrogen-bond donors (Lipinski definition) is 3. The molecule has 11 nitrogen and oxygen atoms in total. The first-order valence-corrected chi connectivity index (χ1v) is 14.4. The maximum Gasteiger partial charge on any atom is 0.351 e. The van der Waals surface area contributed by atoms with Crippen LogP contribution in [0.3, 0.4) is 0 Å². The molecule has 3 aromatic rings. The second-order valence-electron chi connectivity index (χ2n) is 11.7. The number of aromatic nitrogens is 2. The van der Waals surface area contributed by atoms with Gasteiger partial charge in [0.1, 0.15) is 35.2 Å². The minimum absolute atomic E-state index is 0.0202. The predicted molar refractivity (Wildman–Crippen MR) is 158 cm³/mol. The number of fused-ring (bicyclic) bond motifs is 6. The van der Waals surface area contributed by atoms with E-state index in [1.165, 1.54) is 10.6 Å². The molecule has 4 N–H and O–H groups in total. The van der Waals surface area contributed by atoms with Crippen LogP contribution in [0.5, 0.6) is 11.5 Å². The smallest absolute Gasteiger partial charge is 0.351 e. The monoisotopic (exact) mass is 581 g/mol. The molecule has 5 heterocycles. The third-order valence-corrected chi connectivity index (χ3v) is 8.07. The Bertz CT molecular complexity index is 1630. The molecule has 5 atom stereocenters. The topological polar surface area (TPSA) is 159 Å². The van der Waals surface area contributed by atoms with Crippen molar-refractivity contribution in [2.75, 3.05) is 12.3 Å². The number of aliphatic hydroxyl groups excluding tert-OH is 2. The van der Waals surface area contributed by atoms with Crippen LogP contribution in [0.15, 0.2) is 38.4 Å². The Morgan fingerprint density at radius 2 is 1.95 bits per heavy atom. The van der Waals surface area contributed by atoms with Gasteiger partial charge in [0.05, 0.1) is 35.3 Å². The average molecular weight is 582 g/mol. The van der Waals surface area contributed by atoms with Crippen LogP contribution in [-0.4, -0.2) is 44.2 Å². The molecule has 0 amide bonds. The first-order chi connectivity index (χ1) is 19.9. The van der Waals surface area contributed by atoms with Crippen molar-refractivity contribution in [1.29, 1.82) is 0 Å². The van der Waals surface area contributed by atoms with E-state index in [2.05, 4.69) is 11.9 Å². The molecule has 11 heteroatoms. The molecular weight excluding hydrogens is 542 g/mol. The highest BCUT2D eigenvalue weighted by Crippen LogP contribution is 2.52. The number of nitrogens with zero attached hydrogens (tertiary/aromatic N) is 2. The van der Waals surface area contributed by atoms with Gasteiger partial charge in [0.15, 0.2) is 5.58 Å². The molecule has 42 heavy (non-hydrogen) atoms. The molecule has 0 saturated carbocycles. The predicted octanol–water partition coefficient (Wildman–Crippen LogP) is 3.88. The molecule has 0 unspecified atom stereocenters. The van der Waals surface area contributed by atoms with Crippen molar-refractivity contribution < 1.29 is 28.8 Å². The van der Waals surface area contributed by atoms with Crippen LogP contribution in [0.25, 0.3) is 17.0 Å². The van der Waals surface area contributed by atoms with Gasteiger partial charge in [-0.3, -0.25) is 4.57 Å². The number of ether oxygens (including phenoxy) is 3. The lowest BCUT2D eigenvalue weighted by molar-refractivity contribution is -0.0245. The summed E-state index contributed by atoms with van der Waals surface area (Å²) >= 11 is 0. The largest absolute Gasteiger partial charge is 0.489 e. The van der Waals surface area contributed by atoms with Crippen molar-refractivity contribution in [2.45, 2.75) is 90.4 Å². The van der Waals surface area contributed by atoms with Crippen molar-refractivity contribution >= 4 is 22.9 Å². The average Bonchev–Trinajstić information content (AvgIpc) is 3.40. The van der Waals surface area contributed by atoms with E-state index in [0.717, 1.165) is 35.8 Å². The van der Waals surface area contributed by atoms with Crippen LogP contribution in [0.4, 0.5) is 5.82 Å². The zero-order valence-corrected chi connectivity index (χ0v) is 24.6. The summed E-state index contributed by atoms with van der Waals surface area (Å²) in [7, 11) is 0. The SMILES string of the molecule is CCCc1cc(=O)oc2c3c(c4c(c12)OC(C)(C)C=C4)O[C@@H](C)[C@H](C)[C@@H]3O.Nc1ccn([C@H]2CC[C@@H](CO)O2)c(=O)n1. The van der Waals surface area contributed by atoms with Crippen LogP contribution < -0.4 is 26.5 Å². The standard InChI is InChI=1S/C22H26O5.C9H13N3O3/c1-6-7-13-10-15(23)26-21-16(13)20-14(8-9-22(4,5)27-20)19-17(21)18(24)11(2)12(3)25-19;10-7-3-4-12(9(14)11-7)8-2-1-6(5-13)15-8/h8-12,18,24H,6-7H2,1-5H3;3-4,6,8,13H,1-2,5H2,(H2,10,11,14)/t11-,12-,18-;6-,8+/m00/s1. The van der Waals surface area contributed by atoms with Gasteiger partial charge in [-0.15, -0.1) is 0 Å². The van der Waals surface area contributed by atoms with E-state index >= 15 is 0 Å². The Morgan fingerprint density at radius 3 is 2.62 bits per heavy atom. The number of nitrogen functional groups attached to an aromatic ring is 1. The first-order valence-electron chi connectivity index (χ1n) is 14.4. The number of aliphatic hydroxyl groups is 2. The molecule has 1 fully saturated rings. The summed E-state index contributed by atoms with van der Waals surface area (Å²) in [4.78, 5) is 27.3. The highest BCUT2D eigenvalue weighted by atomic mass is 16.5. The molecule has 3 aliphatic rings. The number of anilines is 1. The van der Waals surface area contributed by atoms with Crippen LogP contribution in [0, 0.1) is 5.92 Å². The highest BCUT2D eigenvalue weighted by molar-refractivity contribution is 5.97. The molecule has 6 rings (SSSR count). The fourth-order valence-electron chi connectivity index (χ4n) is 5.65. The molecule has 0 aliphatic carbocycles. The third kappa shape index (κ3) is 5.56. The molecule has 226 valence electrons. The Hall–Kier alpha value is -3.67. The molecule has 1 saturated heterocycles. The normalized spacial score (nSPS) is 25.5. The summed E-state index contributed by atoms with van der Waals surface area (Å²) in [5, 5.41) is 20.7. The van der Waals surface area contributed by atoms with Gasteiger partial charge in [0.2, 0.25) is 0 Å². The summed E-state index contributed by atoms with van der Waals surface area (Å²) in [6, 6.07) is 3.09. The van der Waals surface area contributed by atoms with E-state index in [-0.39, 0.29) is 36.8 Å². The Labute approximate surface area is 243 Å². The van der Waals surface area contributed by atoms with Gasteiger partial charge in [-0.2, -0.15) is 4.98 Å². The third-order valence-electron chi connectivity index (χ3n) is 8.07. The molecule has 2 aromatic heterocycles. The van der Waals surface area contributed by atoms with Gasteiger partial charge < -0.3 is 34.6 Å². The van der Waals surface area contributed by atoms with Gasteiger partial charge in [0, 0.05) is 18.2 Å². The van der Waals surface area contributed by atoms with Crippen molar-refractivity contribution in [2.24, 2.45) is 5.92 Å². The molecule has 0 bridgehead atoms. The molecule has 1 aromatic carbocycles. The zero-order valence-electron chi connectivity index (χ0n) is 24.6. The number of benzene rings is 1. The minimum atomic E-state index is -0.778. The minimum Gasteiger partial charge on any atom is -0.489 e. The van der Waals surface area contributed by atoms with E-state index in [9.17, 15) is 14.7 Å². The van der Waals surface area contributed by atoms with Crippen molar-refractivity contribution in [1.82, 2.24) is 9.55 Å². The second-order valence-corrected chi connectivity index (χ2v) is 11.7. The van der Waals surface area contributed by atoms with Gasteiger partial charge in [0.25, 0.3) is 0 Å². The number of hydrogen-bond acceptors (Lipinski definition) is 10. The lowest BCUT2D eigenvalue weighted by atomic mass is 9.85. The number of nitrogens with two attached hydrogens (primary N) is 1. The van der Waals surface area contributed by atoms with E-state index < -0.39 is 23.0 Å². The molecule has 3 aliphatic heterocycles. The Morgan fingerprint density at radius 1 is 1.19 bits per heavy atom. The van der Waals surface area contributed by atoms with Crippen LogP contribution in [0.2, 0.25) is 0 Å². The maximum absolute atomic E-state index is 12.3. The van der Waals surface area contributed by atoms with Crippen LogP contribution in [-0.2, 0) is 11.2 Å². The van der Waals surface area contributed by atoms with E-state index in [4.69, 9.17) is 29.5 Å². The molecule has 0 radical (unpaired) electrons. The summed E-state index contributed by atoms with van der Waals surface area (Å²) in [6.45, 7) is 9.89. The van der Waals surface area contributed by atoms with E-state index in [0.29, 0.717) is 29.1 Å². The van der Waals surface area contributed by atoms with Crippen molar-refractivity contribution in [3.8, 4) is 11.5 Å². The maximum atomic E-state index is 12.3. The van der Waals surface area contributed by atoms with Gasteiger partial charge in [-0.05, 0) is 63.8 Å². The Balaban J connectivity index is 0.000000199. The summed E-state index contributed by atoms with van der Waals surface area (Å²) in [5.74, 6) is 1.30. The summed E-state index contributed by atoms with van der Waals surface area (Å²) in [5.41, 5.74) is 6.68. The van der Waals surface area contributed by atoms with Crippen LogP contribution in [0.1, 0.15) is 82.9 Å². The lowest BCUT2D eigenvalue weighted by Gasteiger charge is -2.37. The van der Waals surface area contributed by atoms with Gasteiger partial charge in [-0.1, -0.05) is 20.3 Å². The fraction of sp³-hybridized carbons (Fsp3) is 0.516. The summed E-state index contributed by atoms with van der Waals surface area (Å²) < 4.78 is 25.0. The molecule has 0 spiro atoms. The number of rotatable bonds is 4. The van der Waals surface area contributed by atoms with Gasteiger partial charge >= 0.3 is 11.3 Å². The fourth-order valence-corrected chi connectivity index (χ4v) is 5.65. The second kappa shape index (κ2) is 11.5. The first kappa shape index (κ1) is 29.8. The van der Waals surface area contributed by atoms with E-state index in [1.54, 1.807) is 12.3 Å². The Kier molecular flexibility index (Phi) is 8.19.